The van der Waals surface area contributed by atoms with Crippen molar-refractivity contribution in [3.05, 3.63) is 12.3 Å². The van der Waals surface area contributed by atoms with Gasteiger partial charge in [-0.05, 0) is 25.3 Å². The molecule has 1 aromatic rings. The van der Waals surface area contributed by atoms with Crippen molar-refractivity contribution in [3.8, 4) is 0 Å². The summed E-state index contributed by atoms with van der Waals surface area (Å²) in [4.78, 5) is 0. The molecule has 15 heavy (non-hydrogen) atoms. The average Bonchev–Trinajstić information content (AvgIpc) is 2.70. The predicted octanol–water partition coefficient (Wildman–Crippen LogP) is -0.149. The van der Waals surface area contributed by atoms with Gasteiger partial charge < -0.3 is 5.11 Å². The van der Waals surface area contributed by atoms with Gasteiger partial charge >= 0.3 is 0 Å². The topological polar surface area (TPSA) is 95.1 Å². The largest absolute Gasteiger partial charge is 0.396 e. The van der Waals surface area contributed by atoms with Crippen LogP contribution in [-0.2, 0) is 10.0 Å². The molecule has 0 unspecified atom stereocenters. The number of hydrogen-bond donors (Lipinski definition) is 3. The van der Waals surface area contributed by atoms with E-state index in [2.05, 4.69) is 14.9 Å². The molecular weight excluding hydrogens is 218 g/mol. The lowest BCUT2D eigenvalue weighted by Crippen LogP contribution is -2.25. The fraction of sp³-hybridized carbons (Fsp3) is 0.625. The molecule has 1 heterocycles. The average molecular weight is 233 g/mol. The highest BCUT2D eigenvalue weighted by Gasteiger charge is 2.13. The molecule has 3 N–H and O–H groups in total. The lowest BCUT2D eigenvalue weighted by Gasteiger charge is -2.03. The SMILES string of the molecule is O=S(=O)(NCCCCCO)c1ccn[nH]1. The van der Waals surface area contributed by atoms with E-state index in [4.69, 9.17) is 5.11 Å². The number of nitrogens with one attached hydrogen (secondary N) is 2. The van der Waals surface area contributed by atoms with Gasteiger partial charge in [0.1, 0.15) is 0 Å². The number of aromatic nitrogens is 2. The van der Waals surface area contributed by atoms with Crippen LogP contribution in [0.1, 0.15) is 19.3 Å². The number of rotatable bonds is 7. The number of aliphatic hydroxyl groups excluding tert-OH is 1. The highest BCUT2D eigenvalue weighted by atomic mass is 32.2. The number of hydrogen-bond acceptors (Lipinski definition) is 4. The van der Waals surface area contributed by atoms with Crippen LogP contribution in [-0.4, -0.2) is 36.9 Å². The zero-order valence-electron chi connectivity index (χ0n) is 8.31. The monoisotopic (exact) mass is 233 g/mol. The first kappa shape index (κ1) is 12.2. The molecule has 0 spiro atoms. The van der Waals surface area contributed by atoms with Crippen LogP contribution in [0.2, 0.25) is 0 Å². The normalized spacial score (nSPS) is 11.8. The lowest BCUT2D eigenvalue weighted by molar-refractivity contribution is 0.283. The van der Waals surface area contributed by atoms with Crippen LogP contribution >= 0.6 is 0 Å². The Balaban J connectivity index is 2.32. The Hall–Kier alpha value is -0.920. The van der Waals surface area contributed by atoms with Gasteiger partial charge in [-0.1, -0.05) is 0 Å². The van der Waals surface area contributed by atoms with Gasteiger partial charge in [0, 0.05) is 13.2 Å². The molecule has 86 valence electrons. The van der Waals surface area contributed by atoms with Crippen molar-refractivity contribution in [2.45, 2.75) is 24.3 Å². The van der Waals surface area contributed by atoms with Gasteiger partial charge in [-0.25, -0.2) is 13.1 Å². The third-order valence-electron chi connectivity index (χ3n) is 1.89. The maximum Gasteiger partial charge on any atom is 0.257 e. The number of aromatic amines is 1. The maximum atomic E-state index is 11.5. The summed E-state index contributed by atoms with van der Waals surface area (Å²) in [6.07, 6.45) is 3.61. The Morgan fingerprint density at radius 1 is 1.40 bits per heavy atom. The smallest absolute Gasteiger partial charge is 0.257 e. The van der Waals surface area contributed by atoms with Crippen molar-refractivity contribution >= 4 is 10.0 Å². The first-order valence-corrected chi connectivity index (χ1v) is 6.25. The minimum absolute atomic E-state index is 0.0738. The van der Waals surface area contributed by atoms with Gasteiger partial charge in [0.05, 0.1) is 6.20 Å². The van der Waals surface area contributed by atoms with Gasteiger partial charge in [-0.15, -0.1) is 0 Å². The van der Waals surface area contributed by atoms with E-state index in [0.29, 0.717) is 19.4 Å². The van der Waals surface area contributed by atoms with E-state index in [9.17, 15) is 8.42 Å². The molecule has 6 nitrogen and oxygen atoms in total. The third kappa shape index (κ3) is 3.98. The van der Waals surface area contributed by atoms with Crippen molar-refractivity contribution in [2.24, 2.45) is 0 Å². The zero-order valence-corrected chi connectivity index (χ0v) is 9.13. The van der Waals surface area contributed by atoms with Crippen molar-refractivity contribution < 1.29 is 13.5 Å². The second-order valence-electron chi connectivity index (χ2n) is 3.10. The highest BCUT2D eigenvalue weighted by molar-refractivity contribution is 7.89. The molecule has 0 bridgehead atoms. The molecule has 0 aliphatic carbocycles. The quantitative estimate of drug-likeness (QED) is 0.571. The van der Waals surface area contributed by atoms with Crippen molar-refractivity contribution in [3.63, 3.8) is 0 Å². The summed E-state index contributed by atoms with van der Waals surface area (Å²) in [6.45, 7) is 0.522. The van der Waals surface area contributed by atoms with E-state index in [1.165, 1.54) is 12.3 Å². The first-order valence-electron chi connectivity index (χ1n) is 4.77. The number of sulfonamides is 1. The van der Waals surface area contributed by atoms with E-state index in [0.717, 1.165) is 6.42 Å². The molecule has 7 heteroatoms. The summed E-state index contributed by atoms with van der Waals surface area (Å²) >= 11 is 0. The molecule has 0 aromatic carbocycles. The molecule has 0 radical (unpaired) electrons. The summed E-state index contributed by atoms with van der Waals surface area (Å²) in [5, 5.41) is 14.6. The van der Waals surface area contributed by atoms with E-state index in [1.807, 2.05) is 0 Å². The molecule has 0 atom stereocenters. The summed E-state index contributed by atoms with van der Waals surface area (Å²) in [6, 6.07) is 1.40. The third-order valence-corrected chi connectivity index (χ3v) is 3.28. The van der Waals surface area contributed by atoms with E-state index < -0.39 is 10.0 Å². The van der Waals surface area contributed by atoms with Crippen LogP contribution in [0.5, 0.6) is 0 Å². The number of aliphatic hydroxyl groups is 1. The van der Waals surface area contributed by atoms with Crippen LogP contribution in [0, 0.1) is 0 Å². The lowest BCUT2D eigenvalue weighted by atomic mass is 10.2. The fourth-order valence-corrected chi connectivity index (χ4v) is 2.07. The van der Waals surface area contributed by atoms with Crippen molar-refractivity contribution in [1.82, 2.24) is 14.9 Å². The fourth-order valence-electron chi connectivity index (χ4n) is 1.09. The summed E-state index contributed by atoms with van der Waals surface area (Å²) < 4.78 is 25.4. The van der Waals surface area contributed by atoms with E-state index >= 15 is 0 Å². The highest BCUT2D eigenvalue weighted by Crippen LogP contribution is 2.02. The molecular formula is C8H15N3O3S. The van der Waals surface area contributed by atoms with Gasteiger partial charge in [-0.3, -0.25) is 5.10 Å². The molecule has 0 aliphatic rings. The Morgan fingerprint density at radius 2 is 2.20 bits per heavy atom. The molecule has 0 saturated heterocycles. The van der Waals surface area contributed by atoms with Gasteiger partial charge in [-0.2, -0.15) is 5.10 Å². The standard InChI is InChI=1S/C8H15N3O3S/c12-7-3-1-2-5-10-15(13,14)8-4-6-9-11-8/h4,6,10,12H,1-3,5,7H2,(H,9,11). The van der Waals surface area contributed by atoms with E-state index in [-0.39, 0.29) is 11.6 Å². The first-order chi connectivity index (χ1) is 7.17. The number of H-pyrrole nitrogens is 1. The van der Waals surface area contributed by atoms with E-state index in [1.54, 1.807) is 0 Å². The predicted molar refractivity (Wildman–Crippen MR) is 54.7 cm³/mol. The minimum atomic E-state index is -3.43. The Morgan fingerprint density at radius 3 is 2.80 bits per heavy atom. The molecule has 0 fully saturated rings. The van der Waals surface area contributed by atoms with Crippen molar-refractivity contribution in [2.75, 3.05) is 13.2 Å². The van der Waals surface area contributed by atoms with Crippen LogP contribution in [0.25, 0.3) is 0 Å². The molecule has 1 aromatic heterocycles. The molecule has 0 saturated carbocycles. The second kappa shape index (κ2) is 5.84. The summed E-state index contributed by atoms with van der Waals surface area (Å²) in [7, 11) is -3.43. The number of unbranched alkanes of at least 4 members (excludes halogenated alkanes) is 2. The van der Waals surface area contributed by atoms with Crippen LogP contribution in [0.15, 0.2) is 17.3 Å². The summed E-state index contributed by atoms with van der Waals surface area (Å²) in [5.41, 5.74) is 0. The molecule has 1 rings (SSSR count). The minimum Gasteiger partial charge on any atom is -0.396 e. The van der Waals surface area contributed by atoms with Gasteiger partial charge in [0.2, 0.25) is 0 Å². The molecule has 0 amide bonds. The van der Waals surface area contributed by atoms with Crippen LogP contribution < -0.4 is 4.72 Å². The number of nitrogens with zero attached hydrogens (tertiary/aromatic N) is 1. The second-order valence-corrected chi connectivity index (χ2v) is 4.84. The Kier molecular flexibility index (Phi) is 4.73. The Bertz CT molecular complexity index is 360. The van der Waals surface area contributed by atoms with Gasteiger partial charge in [0.15, 0.2) is 5.03 Å². The van der Waals surface area contributed by atoms with Crippen molar-refractivity contribution in [1.29, 1.82) is 0 Å². The zero-order chi connectivity index (χ0) is 11.1. The van der Waals surface area contributed by atoms with Gasteiger partial charge in [0.25, 0.3) is 10.0 Å². The summed E-state index contributed by atoms with van der Waals surface area (Å²) in [5.74, 6) is 0. The maximum absolute atomic E-state index is 11.5. The Labute approximate surface area is 88.8 Å². The van der Waals surface area contributed by atoms with Crippen LogP contribution in [0.4, 0.5) is 0 Å². The van der Waals surface area contributed by atoms with Crippen LogP contribution in [0.3, 0.4) is 0 Å². The molecule has 0 aliphatic heterocycles.